The Morgan fingerprint density at radius 3 is 2.72 bits per heavy atom. The quantitative estimate of drug-likeness (QED) is 0.641. The van der Waals surface area contributed by atoms with Crippen molar-refractivity contribution in [2.75, 3.05) is 6.54 Å². The van der Waals surface area contributed by atoms with E-state index in [9.17, 15) is 9.59 Å². The van der Waals surface area contributed by atoms with Gasteiger partial charge in [0.1, 0.15) is 0 Å². The van der Waals surface area contributed by atoms with Crippen LogP contribution >= 0.6 is 0 Å². The molecule has 0 aliphatic carbocycles. The molecular formula is C13H24N2O3. The first kappa shape index (κ1) is 15.0. The topological polar surface area (TPSA) is 78.4 Å². The first-order valence-corrected chi connectivity index (χ1v) is 6.78. The highest BCUT2D eigenvalue weighted by atomic mass is 16.4. The van der Waals surface area contributed by atoms with Crippen LogP contribution in [0.3, 0.4) is 0 Å². The third kappa shape index (κ3) is 3.98. The number of nitrogens with one attached hydrogen (secondary N) is 2. The summed E-state index contributed by atoms with van der Waals surface area (Å²) in [6.45, 7) is 4.85. The van der Waals surface area contributed by atoms with Gasteiger partial charge >= 0.3 is 5.97 Å². The summed E-state index contributed by atoms with van der Waals surface area (Å²) in [5.74, 6) is -0.721. The van der Waals surface area contributed by atoms with E-state index >= 15 is 0 Å². The number of carboxylic acids is 1. The Balaban J connectivity index is 2.36. The van der Waals surface area contributed by atoms with Crippen LogP contribution in [0, 0.1) is 0 Å². The molecule has 1 fully saturated rings. The molecule has 18 heavy (non-hydrogen) atoms. The van der Waals surface area contributed by atoms with Gasteiger partial charge in [-0.3, -0.25) is 9.59 Å². The lowest BCUT2D eigenvalue weighted by molar-refractivity contribution is -0.137. The van der Waals surface area contributed by atoms with Gasteiger partial charge in [0, 0.05) is 12.5 Å². The third-order valence-corrected chi connectivity index (χ3v) is 3.69. The summed E-state index contributed by atoms with van der Waals surface area (Å²) in [6.07, 6.45) is 4.19. The molecule has 0 saturated carbocycles. The molecule has 1 rings (SSSR count). The molecule has 1 aliphatic rings. The third-order valence-electron chi connectivity index (χ3n) is 3.69. The van der Waals surface area contributed by atoms with Gasteiger partial charge in [-0.1, -0.05) is 6.92 Å². The maximum Gasteiger partial charge on any atom is 0.303 e. The van der Waals surface area contributed by atoms with Crippen molar-refractivity contribution in [1.82, 2.24) is 10.6 Å². The largest absolute Gasteiger partial charge is 0.481 e. The zero-order valence-electron chi connectivity index (χ0n) is 11.3. The molecule has 0 aromatic carbocycles. The Bertz CT molecular complexity index is 299. The molecule has 1 saturated heterocycles. The van der Waals surface area contributed by atoms with E-state index in [1.165, 1.54) is 0 Å². The summed E-state index contributed by atoms with van der Waals surface area (Å²) in [5.41, 5.74) is -0.402. The summed E-state index contributed by atoms with van der Waals surface area (Å²) in [7, 11) is 0. The number of carboxylic acid groups (broad SMARTS) is 1. The van der Waals surface area contributed by atoms with Gasteiger partial charge in [0.25, 0.3) is 0 Å². The van der Waals surface area contributed by atoms with Gasteiger partial charge in [-0.15, -0.1) is 0 Å². The smallest absolute Gasteiger partial charge is 0.303 e. The van der Waals surface area contributed by atoms with Crippen molar-refractivity contribution in [2.24, 2.45) is 0 Å². The van der Waals surface area contributed by atoms with Crippen molar-refractivity contribution in [3.63, 3.8) is 0 Å². The Morgan fingerprint density at radius 1 is 1.50 bits per heavy atom. The van der Waals surface area contributed by atoms with Crippen molar-refractivity contribution in [2.45, 2.75) is 64.0 Å². The summed E-state index contributed by atoms with van der Waals surface area (Å²) in [6, 6.07) is 0.0303. The minimum atomic E-state index is -0.781. The molecule has 1 amide bonds. The van der Waals surface area contributed by atoms with E-state index in [1.807, 2.05) is 13.8 Å². The van der Waals surface area contributed by atoms with E-state index in [1.54, 1.807) is 0 Å². The van der Waals surface area contributed by atoms with E-state index < -0.39 is 11.5 Å². The molecule has 3 N–H and O–H groups in total. The number of aliphatic carboxylic acids is 1. The van der Waals surface area contributed by atoms with Crippen LogP contribution in [0.2, 0.25) is 0 Å². The molecule has 1 aliphatic heterocycles. The zero-order chi connectivity index (χ0) is 13.6. The van der Waals surface area contributed by atoms with E-state index in [0.717, 1.165) is 25.8 Å². The SMILES string of the molecule is CCC1(C(=O)NC(C)CCCC(=O)O)CCCN1. The Labute approximate surface area is 108 Å². The number of carbonyl (C=O) groups excluding carboxylic acids is 1. The summed E-state index contributed by atoms with van der Waals surface area (Å²) < 4.78 is 0. The summed E-state index contributed by atoms with van der Waals surface area (Å²) >= 11 is 0. The average molecular weight is 256 g/mol. The fraction of sp³-hybridized carbons (Fsp3) is 0.846. The second-order valence-electron chi connectivity index (χ2n) is 5.13. The maximum absolute atomic E-state index is 12.2. The zero-order valence-corrected chi connectivity index (χ0v) is 11.3. The van der Waals surface area contributed by atoms with Gasteiger partial charge in [-0.2, -0.15) is 0 Å². The summed E-state index contributed by atoms with van der Waals surface area (Å²) in [4.78, 5) is 22.6. The average Bonchev–Trinajstić information content (AvgIpc) is 2.78. The molecule has 2 atom stereocenters. The lowest BCUT2D eigenvalue weighted by Crippen LogP contribution is -2.54. The van der Waals surface area contributed by atoms with Crippen LogP contribution < -0.4 is 10.6 Å². The van der Waals surface area contributed by atoms with Crippen molar-refractivity contribution in [3.8, 4) is 0 Å². The molecule has 0 radical (unpaired) electrons. The summed E-state index contributed by atoms with van der Waals surface area (Å²) in [5, 5.41) is 14.8. The maximum atomic E-state index is 12.2. The Morgan fingerprint density at radius 2 is 2.22 bits per heavy atom. The minimum Gasteiger partial charge on any atom is -0.481 e. The van der Waals surface area contributed by atoms with E-state index in [4.69, 9.17) is 5.11 Å². The van der Waals surface area contributed by atoms with Crippen LogP contribution in [-0.4, -0.2) is 35.1 Å². The van der Waals surface area contributed by atoms with E-state index in [2.05, 4.69) is 10.6 Å². The van der Waals surface area contributed by atoms with Crippen LogP contribution in [0.25, 0.3) is 0 Å². The second kappa shape index (κ2) is 6.73. The predicted molar refractivity (Wildman–Crippen MR) is 69.4 cm³/mol. The molecular weight excluding hydrogens is 232 g/mol. The van der Waals surface area contributed by atoms with Gasteiger partial charge in [-0.25, -0.2) is 0 Å². The van der Waals surface area contributed by atoms with Crippen LogP contribution in [-0.2, 0) is 9.59 Å². The first-order chi connectivity index (χ1) is 8.50. The van der Waals surface area contributed by atoms with Crippen molar-refractivity contribution >= 4 is 11.9 Å². The Hall–Kier alpha value is -1.10. The molecule has 5 nitrogen and oxygen atoms in total. The van der Waals surface area contributed by atoms with Gasteiger partial charge in [0.2, 0.25) is 5.91 Å². The van der Waals surface area contributed by atoms with Crippen molar-refractivity contribution < 1.29 is 14.7 Å². The van der Waals surface area contributed by atoms with E-state index in [-0.39, 0.29) is 18.4 Å². The van der Waals surface area contributed by atoms with Crippen LogP contribution in [0.4, 0.5) is 0 Å². The molecule has 1 heterocycles. The van der Waals surface area contributed by atoms with Gasteiger partial charge in [0.05, 0.1) is 5.54 Å². The number of hydrogen-bond acceptors (Lipinski definition) is 3. The minimum absolute atomic E-state index is 0.0303. The fourth-order valence-corrected chi connectivity index (χ4v) is 2.46. The standard InChI is InChI=1S/C13H24N2O3/c1-3-13(8-5-9-14-13)12(18)15-10(2)6-4-7-11(16)17/h10,14H,3-9H2,1-2H3,(H,15,18)(H,16,17). The van der Waals surface area contributed by atoms with Crippen LogP contribution in [0.1, 0.15) is 52.4 Å². The molecule has 0 aromatic heterocycles. The lowest BCUT2D eigenvalue weighted by atomic mass is 9.92. The molecule has 5 heteroatoms. The Kier molecular flexibility index (Phi) is 5.59. The number of hydrogen-bond donors (Lipinski definition) is 3. The predicted octanol–water partition coefficient (Wildman–Crippen LogP) is 1.28. The van der Waals surface area contributed by atoms with E-state index in [0.29, 0.717) is 12.8 Å². The highest BCUT2D eigenvalue weighted by Gasteiger charge is 2.39. The molecule has 0 bridgehead atoms. The molecule has 0 aromatic rings. The lowest BCUT2D eigenvalue weighted by Gasteiger charge is -2.28. The van der Waals surface area contributed by atoms with Gasteiger partial charge in [0.15, 0.2) is 0 Å². The molecule has 2 unspecified atom stereocenters. The number of rotatable bonds is 7. The highest BCUT2D eigenvalue weighted by molar-refractivity contribution is 5.86. The van der Waals surface area contributed by atoms with Gasteiger partial charge in [-0.05, 0) is 45.6 Å². The van der Waals surface area contributed by atoms with Crippen molar-refractivity contribution in [1.29, 1.82) is 0 Å². The second-order valence-corrected chi connectivity index (χ2v) is 5.13. The van der Waals surface area contributed by atoms with Crippen LogP contribution in [0.5, 0.6) is 0 Å². The van der Waals surface area contributed by atoms with Crippen LogP contribution in [0.15, 0.2) is 0 Å². The van der Waals surface area contributed by atoms with Gasteiger partial charge < -0.3 is 15.7 Å². The monoisotopic (exact) mass is 256 g/mol. The first-order valence-electron chi connectivity index (χ1n) is 6.78. The number of carbonyl (C=O) groups is 2. The molecule has 104 valence electrons. The normalized spacial score (nSPS) is 24.8. The number of amides is 1. The van der Waals surface area contributed by atoms with Crippen molar-refractivity contribution in [3.05, 3.63) is 0 Å². The molecule has 0 spiro atoms. The fourth-order valence-electron chi connectivity index (χ4n) is 2.46. The highest BCUT2D eigenvalue weighted by Crippen LogP contribution is 2.23.